The molecule has 5 nitrogen and oxygen atoms in total. The van der Waals surface area contributed by atoms with Crippen molar-refractivity contribution in [3.05, 3.63) is 59.9 Å². The molecule has 0 radical (unpaired) electrons. The van der Waals surface area contributed by atoms with Gasteiger partial charge in [0.15, 0.2) is 0 Å². The molecule has 8 heteroatoms. The summed E-state index contributed by atoms with van der Waals surface area (Å²) >= 11 is 1.32. The van der Waals surface area contributed by atoms with Gasteiger partial charge in [0.25, 0.3) is 10.0 Å². The fourth-order valence-electron chi connectivity index (χ4n) is 4.18. The number of rotatable bonds is 3. The summed E-state index contributed by atoms with van der Waals surface area (Å²) in [6.45, 7) is 1.79. The molecule has 0 spiro atoms. The average molecular weight is 433 g/mol. The summed E-state index contributed by atoms with van der Waals surface area (Å²) in [4.78, 5) is 2.14. The second-order valence-corrected chi connectivity index (χ2v) is 10.7. The minimum Gasteiger partial charge on any atom is -0.356 e. The minimum absolute atomic E-state index is 0.174. The molecule has 3 aromatic rings. The van der Waals surface area contributed by atoms with Gasteiger partial charge in [-0.25, -0.2) is 12.8 Å². The van der Waals surface area contributed by atoms with Crippen LogP contribution in [-0.4, -0.2) is 38.6 Å². The summed E-state index contributed by atoms with van der Waals surface area (Å²) in [7, 11) is -3.49. The van der Waals surface area contributed by atoms with E-state index in [2.05, 4.69) is 4.90 Å². The lowest BCUT2D eigenvalue weighted by molar-refractivity contribution is 0.0985. The molecule has 0 amide bonds. The van der Waals surface area contributed by atoms with Crippen LogP contribution in [0.25, 0.3) is 10.1 Å². The summed E-state index contributed by atoms with van der Waals surface area (Å²) < 4.78 is 48.4. The van der Waals surface area contributed by atoms with Gasteiger partial charge in [-0.2, -0.15) is 4.31 Å². The lowest BCUT2D eigenvalue weighted by atomic mass is 10.0. The van der Waals surface area contributed by atoms with Crippen molar-refractivity contribution >= 4 is 37.1 Å². The molecule has 2 aromatic carbocycles. The third-order valence-electron chi connectivity index (χ3n) is 5.70. The van der Waals surface area contributed by atoms with Crippen LogP contribution in [0.3, 0.4) is 0 Å². The summed E-state index contributed by atoms with van der Waals surface area (Å²) in [5.74, 6) is -0.265. The monoisotopic (exact) mass is 432 g/mol. The number of benzene rings is 2. The van der Waals surface area contributed by atoms with Crippen LogP contribution in [0.4, 0.5) is 10.1 Å². The Bertz CT molecular complexity index is 1120. The van der Waals surface area contributed by atoms with Crippen molar-refractivity contribution in [3.63, 3.8) is 0 Å². The Balaban J connectivity index is 1.33. The molecule has 0 unspecified atom stereocenters. The summed E-state index contributed by atoms with van der Waals surface area (Å²) in [6, 6.07) is 14.5. The van der Waals surface area contributed by atoms with E-state index in [0.29, 0.717) is 43.5 Å². The summed E-state index contributed by atoms with van der Waals surface area (Å²) in [6.07, 6.45) is 1.43. The first-order chi connectivity index (χ1) is 14.0. The van der Waals surface area contributed by atoms with Crippen molar-refractivity contribution in [2.45, 2.75) is 29.7 Å². The van der Waals surface area contributed by atoms with Gasteiger partial charge in [-0.15, -0.1) is 11.3 Å². The van der Waals surface area contributed by atoms with E-state index in [1.807, 2.05) is 24.3 Å². The molecule has 0 aliphatic carbocycles. The molecule has 1 aromatic heterocycles. The number of hydrogen-bond acceptors (Lipinski definition) is 5. The molecule has 29 heavy (non-hydrogen) atoms. The van der Waals surface area contributed by atoms with Crippen molar-refractivity contribution in [2.24, 2.45) is 0 Å². The smallest absolute Gasteiger partial charge is 0.252 e. The summed E-state index contributed by atoms with van der Waals surface area (Å²) in [5.41, 5.74) is 1.83. The van der Waals surface area contributed by atoms with Crippen LogP contribution in [-0.2, 0) is 21.4 Å². The molecular formula is C21H21FN2O3S2. The maximum atomic E-state index is 13.5. The van der Waals surface area contributed by atoms with Crippen LogP contribution in [0.2, 0.25) is 0 Å². The van der Waals surface area contributed by atoms with Gasteiger partial charge in [0, 0.05) is 35.1 Å². The number of piperidine rings is 1. The number of nitrogens with zero attached hydrogens (tertiary/aromatic N) is 2. The highest BCUT2D eigenvalue weighted by Gasteiger charge is 2.34. The number of halogens is 1. The zero-order chi connectivity index (χ0) is 20.0. The Labute approximate surface area is 173 Å². The van der Waals surface area contributed by atoms with E-state index in [1.165, 1.54) is 23.5 Å². The third-order valence-corrected chi connectivity index (χ3v) is 9.16. The molecule has 5 rings (SSSR count). The standard InChI is InChI=1S/C21H21FN2O3S2/c22-17-5-6-19-16(11-17)13-27-14-24(19)18-7-9-23(10-8-18)29(25,26)21-12-15-3-1-2-4-20(15)28-21/h1-6,11-12,18H,7-10,13-14H2. The van der Waals surface area contributed by atoms with Gasteiger partial charge in [0.2, 0.25) is 0 Å². The number of ether oxygens (including phenoxy) is 1. The lowest BCUT2D eigenvalue weighted by Crippen LogP contribution is -2.48. The molecular weight excluding hydrogens is 411 g/mol. The second kappa shape index (κ2) is 7.36. The van der Waals surface area contributed by atoms with Gasteiger partial charge in [-0.1, -0.05) is 18.2 Å². The molecule has 2 aliphatic rings. The number of thiophene rings is 1. The van der Waals surface area contributed by atoms with Gasteiger partial charge in [0.1, 0.15) is 16.8 Å². The van der Waals surface area contributed by atoms with E-state index in [0.717, 1.165) is 21.3 Å². The van der Waals surface area contributed by atoms with Gasteiger partial charge in [-0.05, 0) is 48.6 Å². The number of hydrogen-bond donors (Lipinski definition) is 0. The largest absolute Gasteiger partial charge is 0.356 e. The van der Waals surface area contributed by atoms with Gasteiger partial charge >= 0.3 is 0 Å². The highest BCUT2D eigenvalue weighted by atomic mass is 32.2. The summed E-state index contributed by atoms with van der Waals surface area (Å²) in [5, 5.41) is 0.959. The predicted octanol–water partition coefficient (Wildman–Crippen LogP) is 4.19. The van der Waals surface area contributed by atoms with Crippen molar-refractivity contribution in [1.29, 1.82) is 0 Å². The first-order valence-corrected chi connectivity index (χ1v) is 11.9. The van der Waals surface area contributed by atoms with E-state index in [4.69, 9.17) is 4.74 Å². The first kappa shape index (κ1) is 19.0. The Hall–Kier alpha value is -2.00. The lowest BCUT2D eigenvalue weighted by Gasteiger charge is -2.41. The zero-order valence-electron chi connectivity index (χ0n) is 15.8. The first-order valence-electron chi connectivity index (χ1n) is 9.64. The molecule has 3 heterocycles. The maximum absolute atomic E-state index is 13.5. The topological polar surface area (TPSA) is 49.9 Å². The zero-order valence-corrected chi connectivity index (χ0v) is 17.4. The SMILES string of the molecule is O=S(=O)(c1cc2ccccc2s1)N1CCC(N2COCc3cc(F)ccc32)CC1. The van der Waals surface area contributed by atoms with Gasteiger partial charge in [-0.3, -0.25) is 0 Å². The quantitative estimate of drug-likeness (QED) is 0.623. The third kappa shape index (κ3) is 3.44. The van der Waals surface area contributed by atoms with Crippen LogP contribution in [0, 0.1) is 5.82 Å². The Morgan fingerprint density at radius 2 is 1.86 bits per heavy atom. The van der Waals surface area contributed by atoms with E-state index in [-0.39, 0.29) is 11.9 Å². The Morgan fingerprint density at radius 1 is 1.07 bits per heavy atom. The molecule has 0 atom stereocenters. The highest BCUT2D eigenvalue weighted by Crippen LogP contribution is 2.34. The average Bonchev–Trinajstić information content (AvgIpc) is 3.18. The van der Waals surface area contributed by atoms with Crippen LogP contribution in [0.15, 0.2) is 52.7 Å². The van der Waals surface area contributed by atoms with Crippen LogP contribution in [0.1, 0.15) is 18.4 Å². The van der Waals surface area contributed by atoms with E-state index in [1.54, 1.807) is 16.4 Å². The molecule has 1 saturated heterocycles. The van der Waals surface area contributed by atoms with Gasteiger partial charge < -0.3 is 9.64 Å². The van der Waals surface area contributed by atoms with Crippen molar-refractivity contribution in [3.8, 4) is 0 Å². The van der Waals surface area contributed by atoms with Crippen LogP contribution >= 0.6 is 11.3 Å². The fourth-order valence-corrected chi connectivity index (χ4v) is 7.20. The molecule has 0 N–H and O–H groups in total. The molecule has 0 bridgehead atoms. The fraction of sp³-hybridized carbons (Fsp3) is 0.333. The Kier molecular flexibility index (Phi) is 4.82. The van der Waals surface area contributed by atoms with Crippen molar-refractivity contribution < 1.29 is 17.5 Å². The van der Waals surface area contributed by atoms with E-state index >= 15 is 0 Å². The van der Waals surface area contributed by atoms with Gasteiger partial charge in [0.05, 0.1) is 6.61 Å². The molecule has 2 aliphatic heterocycles. The predicted molar refractivity (Wildman–Crippen MR) is 112 cm³/mol. The van der Waals surface area contributed by atoms with E-state index < -0.39 is 10.0 Å². The minimum atomic E-state index is -3.49. The van der Waals surface area contributed by atoms with E-state index in [9.17, 15) is 12.8 Å². The number of sulfonamides is 1. The van der Waals surface area contributed by atoms with Crippen LogP contribution < -0.4 is 4.90 Å². The normalized spacial score (nSPS) is 18.9. The Morgan fingerprint density at radius 3 is 2.66 bits per heavy atom. The second-order valence-electron chi connectivity index (χ2n) is 7.46. The maximum Gasteiger partial charge on any atom is 0.252 e. The van der Waals surface area contributed by atoms with Crippen molar-refractivity contribution in [1.82, 2.24) is 4.31 Å². The number of fused-ring (bicyclic) bond motifs is 2. The molecule has 1 fully saturated rings. The molecule has 152 valence electrons. The highest BCUT2D eigenvalue weighted by molar-refractivity contribution is 7.91. The number of anilines is 1. The molecule has 0 saturated carbocycles. The van der Waals surface area contributed by atoms with Crippen molar-refractivity contribution in [2.75, 3.05) is 24.7 Å². The van der Waals surface area contributed by atoms with Crippen LogP contribution in [0.5, 0.6) is 0 Å².